The van der Waals surface area contributed by atoms with Crippen molar-refractivity contribution in [2.45, 2.75) is 37.1 Å². The van der Waals surface area contributed by atoms with Gasteiger partial charge in [-0.05, 0) is 39.1 Å². The van der Waals surface area contributed by atoms with E-state index in [1.807, 2.05) is 12.4 Å². The lowest BCUT2D eigenvalue weighted by atomic mass is 10.0. The van der Waals surface area contributed by atoms with E-state index in [1.165, 1.54) is 21.8 Å². The topological polar surface area (TPSA) is 51.4 Å². The summed E-state index contributed by atoms with van der Waals surface area (Å²) in [6.07, 6.45) is 6.34. The predicted octanol–water partition coefficient (Wildman–Crippen LogP) is 3.59. The molecule has 6 rings (SSSR count). The van der Waals surface area contributed by atoms with Gasteiger partial charge in [-0.15, -0.1) is 0 Å². The third-order valence-electron chi connectivity index (χ3n) is 7.23. The van der Waals surface area contributed by atoms with Crippen LogP contribution in [0, 0.1) is 0 Å². The number of rotatable bonds is 4. The van der Waals surface area contributed by atoms with Crippen molar-refractivity contribution in [2.75, 3.05) is 40.3 Å². The normalized spacial score (nSPS) is 27.5. The van der Waals surface area contributed by atoms with Gasteiger partial charge >= 0.3 is 0 Å². The van der Waals surface area contributed by atoms with E-state index in [-0.39, 0.29) is 12.2 Å². The number of nitrogens with zero attached hydrogens (tertiary/aromatic N) is 6. The van der Waals surface area contributed by atoms with E-state index >= 15 is 0 Å². The molecule has 33 heavy (non-hydrogen) atoms. The molecule has 4 atom stereocenters. The molecule has 0 radical (unpaired) electrons. The lowest BCUT2D eigenvalue weighted by molar-refractivity contribution is -0.0845. The summed E-state index contributed by atoms with van der Waals surface area (Å²) >= 11 is 0. The van der Waals surface area contributed by atoms with E-state index in [0.29, 0.717) is 12.1 Å². The smallest absolute Gasteiger partial charge is 0.0727 e. The van der Waals surface area contributed by atoms with Crippen LogP contribution in [-0.2, 0) is 4.74 Å². The Kier molecular flexibility index (Phi) is 5.40. The molecule has 0 saturated carbocycles. The summed E-state index contributed by atoms with van der Waals surface area (Å²) in [5.74, 6) is 0. The van der Waals surface area contributed by atoms with Gasteiger partial charge in [-0.2, -0.15) is 10.2 Å². The van der Waals surface area contributed by atoms with Gasteiger partial charge in [-0.3, -0.25) is 9.36 Å². The summed E-state index contributed by atoms with van der Waals surface area (Å²) in [7, 11) is 4.39. The number of para-hydroxylation sites is 2. The number of benzene rings is 2. The average molecular weight is 445 g/mol. The van der Waals surface area contributed by atoms with Crippen molar-refractivity contribution in [1.82, 2.24) is 29.4 Å². The number of aromatic nitrogens is 4. The molecule has 4 unspecified atom stereocenters. The van der Waals surface area contributed by atoms with E-state index in [4.69, 9.17) is 14.9 Å². The van der Waals surface area contributed by atoms with Crippen LogP contribution in [0.4, 0.5) is 0 Å². The van der Waals surface area contributed by atoms with Gasteiger partial charge in [0.25, 0.3) is 0 Å². The van der Waals surface area contributed by atoms with Gasteiger partial charge in [0.1, 0.15) is 0 Å². The van der Waals surface area contributed by atoms with Crippen LogP contribution in [0.15, 0.2) is 60.9 Å². The molecule has 0 bridgehead atoms. The maximum atomic E-state index is 6.79. The molecular formula is C26H32N6O. The quantitative estimate of drug-likeness (QED) is 0.482. The van der Waals surface area contributed by atoms with Crippen LogP contribution >= 0.6 is 0 Å². The second-order valence-corrected chi connectivity index (χ2v) is 9.90. The number of hydrogen-bond donors (Lipinski definition) is 0. The molecule has 4 heterocycles. The zero-order chi connectivity index (χ0) is 22.4. The summed E-state index contributed by atoms with van der Waals surface area (Å²) in [6.45, 7) is 3.92. The standard InChI is InChI=1S/C26H32N6O/c1-29-15-21(31-25-9-5-3-7-19(25)13-27-31)11-23(17-29)33-24-12-22(16-30(2)18-24)32-26-10-6-4-8-20(26)14-28-32/h3-10,13-14,21-24H,11-12,15-18H2,1-2H3. The van der Waals surface area contributed by atoms with Crippen molar-refractivity contribution >= 4 is 21.8 Å². The van der Waals surface area contributed by atoms with Crippen molar-refractivity contribution in [3.63, 3.8) is 0 Å². The first-order valence-corrected chi connectivity index (χ1v) is 12.0. The molecular weight excluding hydrogens is 412 g/mol. The van der Waals surface area contributed by atoms with Gasteiger partial charge in [0, 0.05) is 37.0 Å². The Morgan fingerprint density at radius 2 is 1.12 bits per heavy atom. The lowest BCUT2D eigenvalue weighted by Crippen LogP contribution is -2.48. The minimum Gasteiger partial charge on any atom is -0.372 e. The Labute approximate surface area is 194 Å². The van der Waals surface area contributed by atoms with Crippen LogP contribution in [0.1, 0.15) is 24.9 Å². The van der Waals surface area contributed by atoms with Crippen LogP contribution in [0.2, 0.25) is 0 Å². The van der Waals surface area contributed by atoms with Gasteiger partial charge in [0.2, 0.25) is 0 Å². The van der Waals surface area contributed by atoms with E-state index in [1.54, 1.807) is 0 Å². The predicted molar refractivity (Wildman–Crippen MR) is 130 cm³/mol. The zero-order valence-electron chi connectivity index (χ0n) is 19.4. The molecule has 0 amide bonds. The Morgan fingerprint density at radius 1 is 0.667 bits per heavy atom. The molecule has 7 nitrogen and oxygen atoms in total. The number of fused-ring (bicyclic) bond motifs is 2. The molecule has 2 saturated heterocycles. The molecule has 0 spiro atoms. The number of likely N-dealkylation sites (tertiary alicyclic amines) is 2. The van der Waals surface area contributed by atoms with E-state index < -0.39 is 0 Å². The summed E-state index contributed by atoms with van der Waals surface area (Å²) in [4.78, 5) is 4.78. The minimum atomic E-state index is 0.197. The van der Waals surface area contributed by atoms with Gasteiger partial charge in [-0.1, -0.05) is 36.4 Å². The second kappa shape index (κ2) is 8.56. The summed E-state index contributed by atoms with van der Waals surface area (Å²) in [5.41, 5.74) is 2.42. The monoisotopic (exact) mass is 444 g/mol. The van der Waals surface area contributed by atoms with Crippen molar-refractivity contribution in [3.05, 3.63) is 60.9 Å². The fourth-order valence-corrected chi connectivity index (χ4v) is 5.86. The number of ether oxygens (including phenoxy) is 1. The van der Waals surface area contributed by atoms with Crippen LogP contribution in [0.3, 0.4) is 0 Å². The highest BCUT2D eigenvalue weighted by Crippen LogP contribution is 2.30. The molecule has 7 heteroatoms. The van der Waals surface area contributed by atoms with Crippen LogP contribution in [0.25, 0.3) is 21.8 Å². The number of likely N-dealkylation sites (N-methyl/N-ethyl adjacent to an activating group) is 2. The highest BCUT2D eigenvalue weighted by Gasteiger charge is 2.34. The molecule has 4 aromatic rings. The van der Waals surface area contributed by atoms with E-state index in [0.717, 1.165) is 39.0 Å². The summed E-state index contributed by atoms with van der Waals surface area (Å²) < 4.78 is 11.2. The van der Waals surface area contributed by atoms with Crippen LogP contribution in [0.5, 0.6) is 0 Å². The Hall–Kier alpha value is -2.74. The Balaban J connectivity index is 1.19. The largest absolute Gasteiger partial charge is 0.372 e. The third kappa shape index (κ3) is 4.05. The fraction of sp³-hybridized carbons (Fsp3) is 0.462. The average Bonchev–Trinajstić information content (AvgIpc) is 3.43. The van der Waals surface area contributed by atoms with Gasteiger partial charge in [-0.25, -0.2) is 0 Å². The van der Waals surface area contributed by atoms with E-state index in [9.17, 15) is 0 Å². The molecule has 0 N–H and O–H groups in total. The second-order valence-electron chi connectivity index (χ2n) is 9.90. The first-order valence-electron chi connectivity index (χ1n) is 12.0. The van der Waals surface area contributed by atoms with Gasteiger partial charge in [0.05, 0.1) is 47.7 Å². The number of hydrogen-bond acceptors (Lipinski definition) is 5. The van der Waals surface area contributed by atoms with Crippen molar-refractivity contribution in [3.8, 4) is 0 Å². The SMILES string of the molecule is CN1CC(OC2CC(n3ncc4ccccc43)CN(C)C2)CC(n2ncc3ccccc32)C1. The van der Waals surface area contributed by atoms with Crippen molar-refractivity contribution in [1.29, 1.82) is 0 Å². The van der Waals surface area contributed by atoms with E-state index in [2.05, 4.69) is 81.8 Å². The maximum absolute atomic E-state index is 6.79. The lowest BCUT2D eigenvalue weighted by Gasteiger charge is -2.41. The van der Waals surface area contributed by atoms with Crippen LogP contribution in [-0.4, -0.2) is 81.8 Å². The molecule has 172 valence electrons. The Morgan fingerprint density at radius 3 is 1.61 bits per heavy atom. The highest BCUT2D eigenvalue weighted by atomic mass is 16.5. The van der Waals surface area contributed by atoms with Crippen molar-refractivity contribution in [2.24, 2.45) is 0 Å². The Bertz CT molecular complexity index is 1150. The van der Waals surface area contributed by atoms with Gasteiger partial charge in [0.15, 0.2) is 0 Å². The minimum absolute atomic E-state index is 0.197. The first-order chi connectivity index (χ1) is 16.1. The number of piperidine rings is 2. The molecule has 0 aliphatic carbocycles. The third-order valence-corrected chi connectivity index (χ3v) is 7.23. The molecule has 2 aromatic carbocycles. The molecule has 2 aliphatic rings. The molecule has 2 aromatic heterocycles. The first kappa shape index (κ1) is 20.8. The van der Waals surface area contributed by atoms with Gasteiger partial charge < -0.3 is 14.5 Å². The summed E-state index contributed by atoms with van der Waals surface area (Å²) in [6, 6.07) is 17.6. The zero-order valence-corrected chi connectivity index (χ0v) is 19.4. The maximum Gasteiger partial charge on any atom is 0.0727 e. The van der Waals surface area contributed by atoms with Crippen LogP contribution < -0.4 is 0 Å². The van der Waals surface area contributed by atoms with Crippen molar-refractivity contribution < 1.29 is 4.74 Å². The highest BCUT2D eigenvalue weighted by molar-refractivity contribution is 5.79. The fourth-order valence-electron chi connectivity index (χ4n) is 5.86. The summed E-state index contributed by atoms with van der Waals surface area (Å²) in [5, 5.41) is 11.9. The molecule has 2 fully saturated rings. The molecule has 2 aliphatic heterocycles.